The molecule has 6 heteroatoms. The molecule has 0 aromatic carbocycles. The number of carbonyl (C=O) groups is 1. The zero-order chi connectivity index (χ0) is 14.0. The molecule has 2 rings (SSSR count). The number of hydrogen-bond donors (Lipinski definition) is 2. The van der Waals surface area contributed by atoms with Crippen LogP contribution < -0.4 is 5.32 Å². The lowest BCUT2D eigenvalue weighted by atomic mass is 10.2. The van der Waals surface area contributed by atoms with E-state index in [1.54, 1.807) is 6.92 Å². The van der Waals surface area contributed by atoms with Gasteiger partial charge in [0.25, 0.3) is 0 Å². The summed E-state index contributed by atoms with van der Waals surface area (Å²) in [5, 5.41) is 13.1. The average molecular weight is 275 g/mol. The first kappa shape index (κ1) is 13.3. The fraction of sp³-hybridized carbons (Fsp3) is 0.308. The molecule has 2 N–H and O–H groups in total. The summed E-state index contributed by atoms with van der Waals surface area (Å²) in [5.74, 6) is 2.27. The van der Waals surface area contributed by atoms with E-state index < -0.39 is 5.97 Å². The number of aromatic carboxylic acids is 1. The van der Waals surface area contributed by atoms with Crippen LogP contribution in [0, 0.1) is 19.3 Å². The molecule has 2 aromatic rings. The maximum Gasteiger partial charge on any atom is 0.346 e. The molecule has 0 fully saturated rings. The van der Waals surface area contributed by atoms with Crippen LogP contribution in [0.15, 0.2) is 6.33 Å². The smallest absolute Gasteiger partial charge is 0.346 e. The minimum Gasteiger partial charge on any atom is -0.477 e. The Hall–Kier alpha value is -2.13. The van der Waals surface area contributed by atoms with Gasteiger partial charge in [0.15, 0.2) is 0 Å². The van der Waals surface area contributed by atoms with E-state index in [9.17, 15) is 4.79 Å². The van der Waals surface area contributed by atoms with Crippen LogP contribution in [0.5, 0.6) is 0 Å². The summed E-state index contributed by atoms with van der Waals surface area (Å²) < 4.78 is 0. The van der Waals surface area contributed by atoms with Crippen LogP contribution in [0.3, 0.4) is 0 Å². The van der Waals surface area contributed by atoms with Gasteiger partial charge in [-0.2, -0.15) is 0 Å². The van der Waals surface area contributed by atoms with E-state index >= 15 is 0 Å². The molecular formula is C13H13N3O2S. The molecule has 1 atom stereocenters. The van der Waals surface area contributed by atoms with Gasteiger partial charge in [-0.05, 0) is 19.4 Å². The first-order valence-corrected chi connectivity index (χ1v) is 6.53. The van der Waals surface area contributed by atoms with E-state index in [4.69, 9.17) is 11.5 Å². The molecule has 0 amide bonds. The topological polar surface area (TPSA) is 75.1 Å². The molecule has 0 saturated heterocycles. The number of nitrogens with one attached hydrogen (secondary N) is 1. The first-order chi connectivity index (χ1) is 9.04. The summed E-state index contributed by atoms with van der Waals surface area (Å²) in [5.41, 5.74) is 0.684. The lowest BCUT2D eigenvalue weighted by Crippen LogP contribution is -2.15. The molecule has 1 unspecified atom stereocenters. The van der Waals surface area contributed by atoms with Gasteiger partial charge in [-0.25, -0.2) is 14.8 Å². The fourth-order valence-electron chi connectivity index (χ4n) is 1.85. The van der Waals surface area contributed by atoms with Gasteiger partial charge in [0.1, 0.15) is 21.9 Å². The average Bonchev–Trinajstić information content (AvgIpc) is 2.68. The fourth-order valence-corrected chi connectivity index (χ4v) is 2.83. The van der Waals surface area contributed by atoms with Gasteiger partial charge < -0.3 is 10.4 Å². The molecule has 0 saturated carbocycles. The Bertz CT molecular complexity index is 672. The van der Waals surface area contributed by atoms with Crippen LogP contribution >= 0.6 is 11.3 Å². The molecule has 0 spiro atoms. The number of anilines is 1. The van der Waals surface area contributed by atoms with Gasteiger partial charge in [-0.3, -0.25) is 0 Å². The van der Waals surface area contributed by atoms with Crippen molar-refractivity contribution in [2.45, 2.75) is 26.3 Å². The molecule has 2 heterocycles. The summed E-state index contributed by atoms with van der Waals surface area (Å²) in [6.07, 6.45) is 7.27. The Morgan fingerprint density at radius 1 is 1.63 bits per heavy atom. The molecular weight excluding hydrogens is 262 g/mol. The number of nitrogens with zero attached hydrogens (tertiary/aromatic N) is 2. The maximum atomic E-state index is 11.1. The monoisotopic (exact) mass is 275 g/mol. The molecule has 0 aliphatic carbocycles. The van der Waals surface area contributed by atoms with Crippen molar-refractivity contribution < 1.29 is 9.90 Å². The Kier molecular flexibility index (Phi) is 3.67. The predicted octanol–water partition coefficient (Wildman–Crippen LogP) is 2.52. The molecule has 19 heavy (non-hydrogen) atoms. The summed E-state index contributed by atoms with van der Waals surface area (Å²) in [7, 11) is 0. The Labute approximate surface area is 114 Å². The van der Waals surface area contributed by atoms with Crippen molar-refractivity contribution in [3.63, 3.8) is 0 Å². The number of aromatic nitrogens is 2. The highest BCUT2D eigenvalue weighted by atomic mass is 32.1. The first-order valence-electron chi connectivity index (χ1n) is 5.72. The largest absolute Gasteiger partial charge is 0.477 e. The zero-order valence-electron chi connectivity index (χ0n) is 10.6. The van der Waals surface area contributed by atoms with Crippen molar-refractivity contribution in [3.8, 4) is 12.3 Å². The summed E-state index contributed by atoms with van der Waals surface area (Å²) in [6, 6.07) is 0.0654. The van der Waals surface area contributed by atoms with E-state index in [1.165, 1.54) is 6.33 Å². The van der Waals surface area contributed by atoms with Gasteiger partial charge in [0.05, 0.1) is 5.39 Å². The number of hydrogen-bond acceptors (Lipinski definition) is 5. The van der Waals surface area contributed by atoms with Crippen LogP contribution in [0.25, 0.3) is 10.2 Å². The molecule has 2 aromatic heterocycles. The Morgan fingerprint density at radius 3 is 3.00 bits per heavy atom. The van der Waals surface area contributed by atoms with Crippen molar-refractivity contribution in [2.24, 2.45) is 0 Å². The molecule has 0 bridgehead atoms. The molecule has 0 aliphatic heterocycles. The van der Waals surface area contributed by atoms with Crippen molar-refractivity contribution in [3.05, 3.63) is 16.8 Å². The zero-order valence-corrected chi connectivity index (χ0v) is 11.4. The van der Waals surface area contributed by atoms with Crippen molar-refractivity contribution in [2.75, 3.05) is 5.32 Å². The molecule has 0 aliphatic rings. The molecule has 0 radical (unpaired) electrons. The van der Waals surface area contributed by atoms with Gasteiger partial charge in [0, 0.05) is 12.5 Å². The van der Waals surface area contributed by atoms with E-state index in [-0.39, 0.29) is 6.04 Å². The van der Waals surface area contributed by atoms with Crippen molar-refractivity contribution >= 4 is 33.3 Å². The number of thiophene rings is 1. The highest BCUT2D eigenvalue weighted by Gasteiger charge is 2.19. The molecule has 98 valence electrons. The highest BCUT2D eigenvalue weighted by molar-refractivity contribution is 7.20. The minimum absolute atomic E-state index is 0.0654. The van der Waals surface area contributed by atoms with E-state index in [0.717, 1.165) is 16.7 Å². The second-order valence-electron chi connectivity index (χ2n) is 4.22. The predicted molar refractivity (Wildman–Crippen MR) is 75.6 cm³/mol. The van der Waals surface area contributed by atoms with Crippen LogP contribution in [0.2, 0.25) is 0 Å². The van der Waals surface area contributed by atoms with Gasteiger partial charge in [-0.15, -0.1) is 23.7 Å². The number of rotatable bonds is 4. The van der Waals surface area contributed by atoms with Gasteiger partial charge in [-0.1, -0.05) is 0 Å². The van der Waals surface area contributed by atoms with Gasteiger partial charge in [0.2, 0.25) is 0 Å². The lowest BCUT2D eigenvalue weighted by molar-refractivity contribution is 0.0701. The van der Waals surface area contributed by atoms with E-state index in [0.29, 0.717) is 27.5 Å². The van der Waals surface area contributed by atoms with Crippen LogP contribution in [0.4, 0.5) is 5.82 Å². The number of carboxylic acids is 1. The summed E-state index contributed by atoms with van der Waals surface area (Å²) in [4.78, 5) is 20.4. The summed E-state index contributed by atoms with van der Waals surface area (Å²) >= 11 is 1.16. The number of fused-ring (bicyclic) bond motifs is 1. The van der Waals surface area contributed by atoms with E-state index in [2.05, 4.69) is 21.2 Å². The van der Waals surface area contributed by atoms with Crippen LogP contribution in [-0.2, 0) is 0 Å². The minimum atomic E-state index is -0.942. The highest BCUT2D eigenvalue weighted by Crippen LogP contribution is 2.33. The standard InChI is InChI=1S/C13H13N3O2S/c1-4-5-7(2)16-11-9-8(3)10(13(17)18)19-12(9)15-6-14-11/h1,6-7H,5H2,2-3H3,(H,17,18)(H,14,15,16). The van der Waals surface area contributed by atoms with Crippen molar-refractivity contribution in [1.29, 1.82) is 0 Å². The van der Waals surface area contributed by atoms with Crippen LogP contribution in [-0.4, -0.2) is 27.1 Å². The normalized spacial score (nSPS) is 12.1. The van der Waals surface area contributed by atoms with Crippen molar-refractivity contribution in [1.82, 2.24) is 9.97 Å². The second kappa shape index (κ2) is 5.24. The third kappa shape index (κ3) is 2.51. The second-order valence-corrected chi connectivity index (χ2v) is 5.22. The van der Waals surface area contributed by atoms with Gasteiger partial charge >= 0.3 is 5.97 Å². The molecule has 5 nitrogen and oxygen atoms in total. The maximum absolute atomic E-state index is 11.1. The SMILES string of the molecule is C#CCC(C)Nc1ncnc2sc(C(=O)O)c(C)c12. The Morgan fingerprint density at radius 2 is 2.37 bits per heavy atom. The third-order valence-corrected chi connectivity index (χ3v) is 3.92. The lowest BCUT2D eigenvalue weighted by Gasteiger charge is -2.12. The summed E-state index contributed by atoms with van der Waals surface area (Å²) in [6.45, 7) is 3.72. The third-order valence-electron chi connectivity index (χ3n) is 2.73. The number of carboxylic acid groups (broad SMARTS) is 1. The number of aryl methyl sites for hydroxylation is 1. The number of terminal acetylenes is 1. The van der Waals surface area contributed by atoms with E-state index in [1.807, 2.05) is 6.92 Å². The Balaban J connectivity index is 2.51. The van der Waals surface area contributed by atoms with Crippen LogP contribution in [0.1, 0.15) is 28.6 Å². The quantitative estimate of drug-likeness (QED) is 0.839.